The number of nitrogens with one attached hydrogen (secondary N) is 2. The molecule has 3 N–H and O–H groups in total. The Morgan fingerprint density at radius 1 is 1.15 bits per heavy atom. The summed E-state index contributed by atoms with van der Waals surface area (Å²) in [4.78, 5) is 38.5. The highest BCUT2D eigenvalue weighted by atomic mass is 35.5. The Labute approximate surface area is 194 Å². The van der Waals surface area contributed by atoms with E-state index in [1.165, 1.54) is 31.1 Å². The Bertz CT molecular complexity index is 1300. The van der Waals surface area contributed by atoms with E-state index < -0.39 is 28.6 Å². The van der Waals surface area contributed by atoms with Gasteiger partial charge in [0.2, 0.25) is 0 Å². The highest BCUT2D eigenvalue weighted by Gasteiger charge is 2.45. The second-order valence-corrected chi connectivity index (χ2v) is 9.13. The van der Waals surface area contributed by atoms with E-state index in [4.69, 9.17) is 20.8 Å². The summed E-state index contributed by atoms with van der Waals surface area (Å²) in [5.41, 5.74) is -1.76. The molecule has 0 unspecified atom stereocenters. The Morgan fingerprint density at radius 2 is 1.82 bits per heavy atom. The summed E-state index contributed by atoms with van der Waals surface area (Å²) in [6.07, 6.45) is 0. The van der Waals surface area contributed by atoms with Gasteiger partial charge in [-0.25, -0.2) is 0 Å². The molecular formula is C23H24ClN3O6. The van der Waals surface area contributed by atoms with E-state index in [1.54, 1.807) is 0 Å². The fraction of sp³-hybridized carbons (Fsp3) is 0.348. The molecule has 1 aliphatic heterocycles. The van der Waals surface area contributed by atoms with Gasteiger partial charge in [-0.1, -0.05) is 18.5 Å². The average molecular weight is 474 g/mol. The SMILES string of the molecule is Cc1ccc([C@H](Nc2c(Nc3ccc(Cl)c(C(=O)N(C)C)c3O)c(=O)c2=O)C2(C)COC2)o1. The van der Waals surface area contributed by atoms with Gasteiger partial charge in [0.05, 0.1) is 30.0 Å². The Hall–Kier alpha value is -3.30. The number of halogens is 1. The number of anilines is 3. The van der Waals surface area contributed by atoms with Crippen LogP contribution in [0, 0.1) is 12.3 Å². The number of carbonyl (C=O) groups excluding carboxylic acids is 1. The molecular weight excluding hydrogens is 450 g/mol. The number of carbonyl (C=O) groups is 1. The van der Waals surface area contributed by atoms with Crippen LogP contribution in [-0.4, -0.2) is 43.2 Å². The van der Waals surface area contributed by atoms with Crippen molar-refractivity contribution in [2.75, 3.05) is 37.9 Å². The van der Waals surface area contributed by atoms with Gasteiger partial charge >= 0.3 is 0 Å². The maximum atomic E-state index is 12.5. The van der Waals surface area contributed by atoms with E-state index in [0.29, 0.717) is 24.7 Å². The largest absolute Gasteiger partial charge is 0.505 e. The van der Waals surface area contributed by atoms with Crippen molar-refractivity contribution in [2.45, 2.75) is 19.9 Å². The lowest BCUT2D eigenvalue weighted by Gasteiger charge is -2.44. The molecule has 1 aromatic heterocycles. The number of phenols is 1. The lowest BCUT2D eigenvalue weighted by atomic mass is 9.79. The lowest BCUT2D eigenvalue weighted by molar-refractivity contribution is -0.115. The summed E-state index contributed by atoms with van der Waals surface area (Å²) < 4.78 is 11.2. The van der Waals surface area contributed by atoms with E-state index in [-0.39, 0.29) is 33.1 Å². The van der Waals surface area contributed by atoms with Crippen LogP contribution < -0.4 is 21.5 Å². The average Bonchev–Trinajstić information content (AvgIpc) is 3.18. The number of hydrogen-bond donors (Lipinski definition) is 3. The molecule has 0 saturated carbocycles. The highest BCUT2D eigenvalue weighted by Crippen LogP contribution is 2.44. The first-order valence-corrected chi connectivity index (χ1v) is 10.7. The summed E-state index contributed by atoms with van der Waals surface area (Å²) >= 11 is 6.11. The van der Waals surface area contributed by atoms with Crippen molar-refractivity contribution in [2.24, 2.45) is 5.41 Å². The van der Waals surface area contributed by atoms with Gasteiger partial charge in [-0.15, -0.1) is 0 Å². The molecule has 10 heteroatoms. The van der Waals surface area contributed by atoms with Gasteiger partial charge in [0.25, 0.3) is 16.8 Å². The van der Waals surface area contributed by atoms with Crippen molar-refractivity contribution >= 4 is 34.6 Å². The monoisotopic (exact) mass is 473 g/mol. The standard InChI is InChI=1S/C23H24ClN3O6/c1-11-5-8-14(33-11)21(23(2)9-32-10-23)26-17-16(19(29)20(17)30)25-13-7-6-12(24)15(18(13)28)22(31)27(3)4/h5-8,21,25-26,28H,9-10H2,1-4H3/t21-/m0/s1. The molecule has 1 fully saturated rings. The maximum absolute atomic E-state index is 12.5. The molecule has 174 valence electrons. The first kappa shape index (κ1) is 22.9. The highest BCUT2D eigenvalue weighted by molar-refractivity contribution is 6.34. The van der Waals surface area contributed by atoms with E-state index in [1.807, 2.05) is 26.0 Å². The number of benzene rings is 1. The van der Waals surface area contributed by atoms with Crippen LogP contribution in [0.5, 0.6) is 5.75 Å². The van der Waals surface area contributed by atoms with E-state index >= 15 is 0 Å². The van der Waals surface area contributed by atoms with Gasteiger partial charge in [0.15, 0.2) is 5.75 Å². The summed E-state index contributed by atoms with van der Waals surface area (Å²) in [6.45, 7) is 4.72. The molecule has 4 rings (SSSR count). The fourth-order valence-electron chi connectivity index (χ4n) is 3.81. The van der Waals surface area contributed by atoms with Gasteiger partial charge in [-0.2, -0.15) is 0 Å². The van der Waals surface area contributed by atoms with Gasteiger partial charge in [-0.3, -0.25) is 14.4 Å². The minimum atomic E-state index is -0.739. The van der Waals surface area contributed by atoms with Crippen molar-refractivity contribution in [3.05, 3.63) is 66.8 Å². The first-order valence-electron chi connectivity index (χ1n) is 10.3. The molecule has 1 atom stereocenters. The van der Waals surface area contributed by atoms with Crippen LogP contribution in [0.25, 0.3) is 0 Å². The Balaban J connectivity index is 1.69. The number of hydrogen-bond acceptors (Lipinski definition) is 8. The van der Waals surface area contributed by atoms with Crippen LogP contribution in [0.3, 0.4) is 0 Å². The quantitative estimate of drug-likeness (QED) is 0.353. The number of aromatic hydroxyl groups is 1. The summed E-state index contributed by atoms with van der Waals surface area (Å²) in [5.74, 6) is 0.409. The molecule has 0 bridgehead atoms. The Kier molecular flexibility index (Phi) is 5.71. The van der Waals surface area contributed by atoms with Crippen molar-refractivity contribution in [3.63, 3.8) is 0 Å². The third-order valence-electron chi connectivity index (χ3n) is 5.81. The molecule has 2 aromatic carbocycles. The maximum Gasteiger partial charge on any atom is 0.258 e. The molecule has 2 heterocycles. The number of aryl methyl sites for hydroxylation is 1. The molecule has 1 amide bonds. The van der Waals surface area contributed by atoms with Crippen LogP contribution in [0.2, 0.25) is 5.02 Å². The minimum absolute atomic E-state index is 0.0157. The predicted octanol–water partition coefficient (Wildman–Crippen LogP) is 3.18. The van der Waals surface area contributed by atoms with Crippen LogP contribution in [0.1, 0.15) is 34.8 Å². The van der Waals surface area contributed by atoms with E-state index in [0.717, 1.165) is 0 Å². The van der Waals surface area contributed by atoms with E-state index in [9.17, 15) is 19.5 Å². The van der Waals surface area contributed by atoms with Gasteiger partial charge in [0.1, 0.15) is 28.5 Å². The predicted molar refractivity (Wildman–Crippen MR) is 125 cm³/mol. The van der Waals surface area contributed by atoms with Crippen LogP contribution in [-0.2, 0) is 4.74 Å². The number of amides is 1. The van der Waals surface area contributed by atoms with Crippen LogP contribution in [0.15, 0.2) is 38.3 Å². The molecule has 3 aromatic rings. The summed E-state index contributed by atoms with van der Waals surface area (Å²) in [5, 5.41) is 16.7. The zero-order valence-electron chi connectivity index (χ0n) is 18.6. The normalized spacial score (nSPS) is 15.7. The molecule has 0 aliphatic carbocycles. The second-order valence-electron chi connectivity index (χ2n) is 8.72. The number of furan rings is 1. The van der Waals surface area contributed by atoms with Crippen molar-refractivity contribution in [3.8, 4) is 5.75 Å². The number of rotatable bonds is 7. The zero-order chi connectivity index (χ0) is 24.1. The second kappa shape index (κ2) is 8.24. The van der Waals surface area contributed by atoms with Gasteiger partial charge in [-0.05, 0) is 31.2 Å². The molecule has 1 saturated heterocycles. The molecule has 0 spiro atoms. The van der Waals surface area contributed by atoms with Crippen LogP contribution >= 0.6 is 11.6 Å². The number of phenolic OH excluding ortho intramolecular Hbond substituents is 1. The van der Waals surface area contributed by atoms with Crippen LogP contribution in [0.4, 0.5) is 17.1 Å². The third-order valence-corrected chi connectivity index (χ3v) is 6.13. The summed E-state index contributed by atoms with van der Waals surface area (Å²) in [6, 6.07) is 6.08. The number of ether oxygens (including phenoxy) is 1. The van der Waals surface area contributed by atoms with E-state index in [2.05, 4.69) is 10.6 Å². The fourth-order valence-corrected chi connectivity index (χ4v) is 4.04. The smallest absolute Gasteiger partial charge is 0.258 e. The summed E-state index contributed by atoms with van der Waals surface area (Å²) in [7, 11) is 3.05. The van der Waals surface area contributed by atoms with Gasteiger partial charge < -0.3 is 29.8 Å². The molecule has 0 radical (unpaired) electrons. The zero-order valence-corrected chi connectivity index (χ0v) is 19.4. The third kappa shape index (κ3) is 3.87. The Morgan fingerprint density at radius 3 is 2.36 bits per heavy atom. The molecule has 33 heavy (non-hydrogen) atoms. The topological polar surface area (TPSA) is 121 Å². The molecule has 1 aliphatic rings. The molecule has 9 nitrogen and oxygen atoms in total. The van der Waals surface area contributed by atoms with Crippen molar-refractivity contribution < 1.29 is 19.1 Å². The van der Waals surface area contributed by atoms with Crippen molar-refractivity contribution in [1.82, 2.24) is 4.90 Å². The minimum Gasteiger partial charge on any atom is -0.505 e. The first-order chi connectivity index (χ1) is 15.5. The lowest BCUT2D eigenvalue weighted by Crippen LogP contribution is -2.49. The number of nitrogens with zero attached hydrogens (tertiary/aromatic N) is 1. The van der Waals surface area contributed by atoms with Gasteiger partial charge in [0, 0.05) is 19.5 Å². The van der Waals surface area contributed by atoms with Crippen molar-refractivity contribution in [1.29, 1.82) is 0 Å².